The summed E-state index contributed by atoms with van der Waals surface area (Å²) in [6, 6.07) is 5.32. The number of thiazole rings is 1. The summed E-state index contributed by atoms with van der Waals surface area (Å²) in [5, 5.41) is 15.2. The van der Waals surface area contributed by atoms with Crippen molar-refractivity contribution in [2.45, 2.75) is 18.6 Å². The lowest BCUT2D eigenvalue weighted by Crippen LogP contribution is -2.14. The quantitative estimate of drug-likeness (QED) is 0.603. The van der Waals surface area contributed by atoms with Crippen LogP contribution in [0.5, 0.6) is 0 Å². The van der Waals surface area contributed by atoms with Gasteiger partial charge in [0.15, 0.2) is 16.1 Å². The lowest BCUT2D eigenvalue weighted by atomic mass is 10.2. The molecule has 2 aromatic heterocycles. The molecule has 0 bridgehead atoms. The lowest BCUT2D eigenvalue weighted by Gasteiger charge is -2.08. The van der Waals surface area contributed by atoms with Gasteiger partial charge in [-0.25, -0.2) is 4.98 Å². The topological polar surface area (TPSA) is 72.7 Å². The standard InChI is InChI=1S/C15H13Cl2N5OS2/c1-2-22-13(9-3-4-10(16)11(17)7-9)20-21-15(22)25-8-12(23)19-14-18-5-6-24-14/h3-7H,2,8H2,1H3,(H,18,19,23). The van der Waals surface area contributed by atoms with Crippen molar-refractivity contribution in [2.24, 2.45) is 0 Å². The first-order valence-electron chi connectivity index (χ1n) is 7.29. The molecule has 2 heterocycles. The Morgan fingerprint density at radius 3 is 2.84 bits per heavy atom. The highest BCUT2D eigenvalue weighted by Gasteiger charge is 2.15. The molecule has 1 amide bonds. The zero-order valence-electron chi connectivity index (χ0n) is 13.1. The SMILES string of the molecule is CCn1c(SCC(=O)Nc2nccs2)nnc1-c1ccc(Cl)c(Cl)c1. The maximum absolute atomic E-state index is 12.0. The molecular weight excluding hydrogens is 401 g/mol. The van der Waals surface area contributed by atoms with Crippen LogP contribution in [0.4, 0.5) is 5.13 Å². The number of nitrogens with zero attached hydrogens (tertiary/aromatic N) is 4. The molecule has 0 aliphatic heterocycles. The van der Waals surface area contributed by atoms with Crippen LogP contribution in [-0.4, -0.2) is 31.4 Å². The van der Waals surface area contributed by atoms with Crippen molar-refractivity contribution in [3.63, 3.8) is 0 Å². The van der Waals surface area contributed by atoms with E-state index in [0.717, 1.165) is 5.56 Å². The van der Waals surface area contributed by atoms with E-state index >= 15 is 0 Å². The maximum Gasteiger partial charge on any atom is 0.236 e. The summed E-state index contributed by atoms with van der Waals surface area (Å²) >= 11 is 14.7. The maximum atomic E-state index is 12.0. The first-order valence-corrected chi connectivity index (χ1v) is 9.91. The number of carbonyl (C=O) groups excluding carboxylic acids is 1. The van der Waals surface area contributed by atoms with E-state index in [0.29, 0.717) is 32.7 Å². The van der Waals surface area contributed by atoms with Gasteiger partial charge in [0, 0.05) is 23.7 Å². The molecule has 1 N–H and O–H groups in total. The average molecular weight is 414 g/mol. The van der Waals surface area contributed by atoms with Gasteiger partial charge in [0.1, 0.15) is 0 Å². The third kappa shape index (κ3) is 4.33. The number of anilines is 1. The highest BCUT2D eigenvalue weighted by molar-refractivity contribution is 7.99. The van der Waals surface area contributed by atoms with Gasteiger partial charge >= 0.3 is 0 Å². The fraction of sp³-hybridized carbons (Fsp3) is 0.200. The molecule has 0 radical (unpaired) electrons. The molecule has 0 saturated carbocycles. The molecule has 3 aromatic rings. The van der Waals surface area contributed by atoms with Crippen LogP contribution >= 0.6 is 46.3 Å². The molecule has 0 aliphatic carbocycles. The van der Waals surface area contributed by atoms with Gasteiger partial charge in [-0.15, -0.1) is 21.5 Å². The molecule has 0 unspecified atom stereocenters. The van der Waals surface area contributed by atoms with Crippen LogP contribution in [0, 0.1) is 0 Å². The van der Waals surface area contributed by atoms with Crippen molar-refractivity contribution in [2.75, 3.05) is 11.1 Å². The van der Waals surface area contributed by atoms with Crippen molar-refractivity contribution in [1.82, 2.24) is 19.7 Å². The second-order valence-corrected chi connectivity index (χ2v) is 7.50. The molecule has 6 nitrogen and oxygen atoms in total. The molecule has 0 atom stereocenters. The first kappa shape index (κ1) is 18.2. The average Bonchev–Trinajstić information content (AvgIpc) is 3.24. The predicted molar refractivity (Wildman–Crippen MR) is 103 cm³/mol. The molecule has 0 aliphatic rings. The number of halogens is 2. The van der Waals surface area contributed by atoms with Crippen molar-refractivity contribution in [3.05, 3.63) is 39.8 Å². The molecule has 1 aromatic carbocycles. The lowest BCUT2D eigenvalue weighted by molar-refractivity contribution is -0.113. The van der Waals surface area contributed by atoms with E-state index in [9.17, 15) is 4.79 Å². The summed E-state index contributed by atoms with van der Waals surface area (Å²) in [5.41, 5.74) is 0.822. The molecule has 0 spiro atoms. The highest BCUT2D eigenvalue weighted by atomic mass is 35.5. The number of hydrogen-bond acceptors (Lipinski definition) is 6. The molecule has 10 heteroatoms. The van der Waals surface area contributed by atoms with Gasteiger partial charge in [-0.2, -0.15) is 0 Å². The smallest absolute Gasteiger partial charge is 0.236 e. The van der Waals surface area contributed by atoms with E-state index < -0.39 is 0 Å². The van der Waals surface area contributed by atoms with Crippen molar-refractivity contribution < 1.29 is 4.79 Å². The number of carbonyl (C=O) groups is 1. The zero-order chi connectivity index (χ0) is 17.8. The third-order valence-corrected chi connectivity index (χ3v) is 5.62. The predicted octanol–water partition coefficient (Wildman–Crippen LogP) is 4.46. The van der Waals surface area contributed by atoms with Gasteiger partial charge in [0.2, 0.25) is 5.91 Å². The Morgan fingerprint density at radius 1 is 1.32 bits per heavy atom. The molecular formula is C15H13Cl2N5OS2. The molecule has 25 heavy (non-hydrogen) atoms. The number of rotatable bonds is 6. The van der Waals surface area contributed by atoms with E-state index in [2.05, 4.69) is 20.5 Å². The van der Waals surface area contributed by atoms with Crippen LogP contribution in [0.25, 0.3) is 11.4 Å². The number of amides is 1. The van der Waals surface area contributed by atoms with Gasteiger partial charge in [-0.1, -0.05) is 35.0 Å². The van der Waals surface area contributed by atoms with Gasteiger partial charge < -0.3 is 9.88 Å². The summed E-state index contributed by atoms with van der Waals surface area (Å²) in [5.74, 6) is 0.768. The molecule has 3 rings (SSSR count). The van der Waals surface area contributed by atoms with Crippen LogP contribution in [-0.2, 0) is 11.3 Å². The second-order valence-electron chi connectivity index (χ2n) is 4.85. The monoisotopic (exact) mass is 413 g/mol. The van der Waals surface area contributed by atoms with Crippen molar-refractivity contribution >= 4 is 57.3 Å². The first-order chi connectivity index (χ1) is 12.1. The third-order valence-electron chi connectivity index (χ3n) is 3.22. The largest absolute Gasteiger partial charge is 0.302 e. The van der Waals surface area contributed by atoms with Gasteiger partial charge in [-0.3, -0.25) is 4.79 Å². The van der Waals surface area contributed by atoms with E-state index in [4.69, 9.17) is 23.2 Å². The highest BCUT2D eigenvalue weighted by Crippen LogP contribution is 2.29. The van der Waals surface area contributed by atoms with Crippen LogP contribution in [0.1, 0.15) is 6.92 Å². The fourth-order valence-electron chi connectivity index (χ4n) is 2.10. The van der Waals surface area contributed by atoms with Crippen molar-refractivity contribution in [3.8, 4) is 11.4 Å². The summed E-state index contributed by atoms with van der Waals surface area (Å²) in [6.07, 6.45) is 1.64. The second kappa shape index (κ2) is 8.18. The van der Waals surface area contributed by atoms with Gasteiger partial charge in [0.25, 0.3) is 0 Å². The van der Waals surface area contributed by atoms with E-state index in [1.165, 1.54) is 23.1 Å². The number of benzene rings is 1. The molecule has 0 saturated heterocycles. The number of nitrogens with one attached hydrogen (secondary N) is 1. The number of aromatic nitrogens is 4. The summed E-state index contributed by atoms with van der Waals surface area (Å²) in [4.78, 5) is 16.0. The van der Waals surface area contributed by atoms with E-state index in [-0.39, 0.29) is 11.7 Å². The Bertz CT molecular complexity index is 882. The number of thioether (sulfide) groups is 1. The molecule has 0 fully saturated rings. The summed E-state index contributed by atoms with van der Waals surface area (Å²) in [6.45, 7) is 2.66. The Labute approximate surface area is 162 Å². The summed E-state index contributed by atoms with van der Waals surface area (Å²) < 4.78 is 1.93. The Hall–Kier alpha value is -1.61. The van der Waals surface area contributed by atoms with Crippen LogP contribution in [0.3, 0.4) is 0 Å². The normalized spacial score (nSPS) is 10.8. The van der Waals surface area contributed by atoms with Gasteiger partial charge in [-0.05, 0) is 25.1 Å². The van der Waals surface area contributed by atoms with E-state index in [1.54, 1.807) is 23.7 Å². The minimum atomic E-state index is -0.137. The Morgan fingerprint density at radius 2 is 2.16 bits per heavy atom. The van der Waals surface area contributed by atoms with Crippen LogP contribution in [0.15, 0.2) is 34.9 Å². The van der Waals surface area contributed by atoms with Crippen LogP contribution < -0.4 is 5.32 Å². The minimum Gasteiger partial charge on any atom is -0.302 e. The Kier molecular flexibility index (Phi) is 5.95. The zero-order valence-corrected chi connectivity index (χ0v) is 16.2. The summed E-state index contributed by atoms with van der Waals surface area (Å²) in [7, 11) is 0. The molecule has 130 valence electrons. The van der Waals surface area contributed by atoms with Crippen LogP contribution in [0.2, 0.25) is 10.0 Å². The van der Waals surface area contributed by atoms with E-state index in [1.807, 2.05) is 17.6 Å². The van der Waals surface area contributed by atoms with Gasteiger partial charge in [0.05, 0.1) is 15.8 Å². The minimum absolute atomic E-state index is 0.137. The van der Waals surface area contributed by atoms with Crippen molar-refractivity contribution in [1.29, 1.82) is 0 Å². The Balaban J connectivity index is 1.73. The fourth-order valence-corrected chi connectivity index (χ4v) is 3.75. The number of hydrogen-bond donors (Lipinski definition) is 1.